The number of aliphatic carboxylic acids is 1. The molecule has 0 fully saturated rings. The second kappa shape index (κ2) is 55.4. The number of benzene rings is 3. The van der Waals surface area contributed by atoms with E-state index in [0.717, 1.165) is 0 Å². The van der Waals surface area contributed by atoms with Crippen molar-refractivity contribution >= 4 is 129 Å². The van der Waals surface area contributed by atoms with E-state index in [1.807, 2.05) is 12.2 Å². The molecule has 0 bridgehead atoms. The van der Waals surface area contributed by atoms with Gasteiger partial charge in [0.15, 0.2) is 0 Å². The molecular weight excluding hydrogens is 1800 g/mol. The van der Waals surface area contributed by atoms with Gasteiger partial charge in [-0.2, -0.15) is 0 Å². The number of nitrogens with two attached hydrogens (primary N) is 2. The summed E-state index contributed by atoms with van der Waals surface area (Å²) in [7, 11) is 0. The zero-order valence-corrected chi connectivity index (χ0v) is 82.4. The predicted molar refractivity (Wildman–Crippen MR) is 515 cm³/mol. The summed E-state index contributed by atoms with van der Waals surface area (Å²) >= 11 is 0. The number of Topliss-reactive ketones (excluding diaryl/α,β-unsaturated/α-hetero) is 4. The lowest BCUT2D eigenvalue weighted by Gasteiger charge is -2.34. The van der Waals surface area contributed by atoms with Crippen LogP contribution in [-0.2, 0) is 115 Å². The number of rotatable bonds is 39. The fraction of sp³-hybridized carbons (Fsp3) is 0.571. The van der Waals surface area contributed by atoms with Crippen molar-refractivity contribution in [1.29, 1.82) is 0 Å². The molecule has 0 aliphatic carbocycles. The van der Waals surface area contributed by atoms with Crippen LogP contribution in [0.5, 0.6) is 5.75 Å². The molecule has 41 nitrogen and oxygen atoms in total. The lowest BCUT2D eigenvalue weighted by molar-refractivity contribution is -0.140. The lowest BCUT2D eigenvalue weighted by atomic mass is 9.89. The van der Waals surface area contributed by atoms with Gasteiger partial charge in [0.25, 0.3) is 0 Å². The van der Waals surface area contributed by atoms with E-state index in [4.69, 9.17) is 11.5 Å². The highest BCUT2D eigenvalue weighted by atomic mass is 16.4. The van der Waals surface area contributed by atoms with Crippen LogP contribution < -0.4 is 91.2 Å². The Labute approximate surface area is 810 Å². The van der Waals surface area contributed by atoms with Gasteiger partial charge in [-0.25, -0.2) is 0 Å². The standard InChI is InChI=1S/C98H144N18O23/c1-53(2)45-66-51-102-70(39-41-76(99)120)82(126)81(125)57(7)105-88(132)75(49-65-50-101-69-34-28-27-33-68(65)69)111-89(133)73(48-64-35-37-67(119)38-36-64)110-87(131)71(40-42-77(121)122)113-95(139)98(16,116-91(135)74(47-63-31-25-24-26-32-63)112-92(136)78(61(11)117)114-90(134)72(46-54(3)4)109-62(12)118)44-30-23-21-19-17-18-20-22-29-43-97(15,115-86(66)130)94(138)108-60(10)85(129)107-59(9)84(128)106-58(8)83(127)104-56(6)80(124)79(123)55(5)103-52-96(13,14)93(100)137/h18,20,24-28,31-38,50,53-61,66,70-75,78,101-103,117,119H,17,19,21-23,29-30,39-49,51-52H2,1-16H3,(H2,99,120)(H2,100,137)(H,104,127)(H,105,132)(H,106,128)(H,107,129)(H,108,138)(H,109,118)(H,110,131)(H,111,133)(H,112,136)(H,113,139)(H,114,134)(H,115,130)(H,116,135)(H,121,122)/b20-18+/t55-,56-,57-,58?,59-,60?,61+,66+,70-,71-,72-,73?,74-,75-,78-,97-,98+/m0/s1. The Balaban J connectivity index is 1.58. The van der Waals surface area contributed by atoms with Gasteiger partial charge < -0.3 is 112 Å². The Morgan fingerprint density at radius 3 is 1.67 bits per heavy atom. The van der Waals surface area contributed by atoms with Gasteiger partial charge in [-0.1, -0.05) is 120 Å². The quantitative estimate of drug-likeness (QED) is 0.0220. The second-order valence-electron chi connectivity index (χ2n) is 38.1. The summed E-state index contributed by atoms with van der Waals surface area (Å²) in [6.07, 6.45) is 2.87. The highest BCUT2D eigenvalue weighted by Gasteiger charge is 2.44. The van der Waals surface area contributed by atoms with E-state index in [-0.39, 0.29) is 82.0 Å². The van der Waals surface area contributed by atoms with Gasteiger partial charge in [0.1, 0.15) is 71.2 Å². The van der Waals surface area contributed by atoms with Crippen molar-refractivity contribution in [3.8, 4) is 5.75 Å². The number of allylic oxidation sites excluding steroid dienone is 2. The number of para-hydroxylation sites is 1. The Kier molecular flexibility index (Phi) is 46.4. The first-order valence-corrected chi connectivity index (χ1v) is 47.2. The van der Waals surface area contributed by atoms with Crippen LogP contribution in [0.2, 0.25) is 0 Å². The van der Waals surface area contributed by atoms with Crippen LogP contribution in [0.25, 0.3) is 10.9 Å². The second-order valence-corrected chi connectivity index (χ2v) is 38.1. The van der Waals surface area contributed by atoms with Crippen LogP contribution in [0.1, 0.15) is 224 Å². The summed E-state index contributed by atoms with van der Waals surface area (Å²) in [6, 6.07) is 1.06. The number of aromatic nitrogens is 1. The van der Waals surface area contributed by atoms with Crippen LogP contribution in [0.15, 0.2) is 97.2 Å². The third-order valence-electron chi connectivity index (χ3n) is 24.1. The molecule has 17 atom stereocenters. The van der Waals surface area contributed by atoms with Gasteiger partial charge in [-0.05, 0) is 187 Å². The molecule has 0 saturated carbocycles. The SMILES string of the molecule is CC(=O)N[C@@H](CC(C)C)C(=O)N[C@H](C(=O)N[C@@H](Cc1ccccc1)C(=O)N[C@]1(C)CCCCCC/C=C/CCC[C@@](C)(C(=O)NC(C)C(=O)N[C@@H](C)C(=O)NC(C)C(=O)N[C@@H](C)C(=O)C(=O)[C@H](C)NCC(C)(C)C(N)=O)NC(=O)[C@H](CC(C)C)CN[C@@H](CCC(N)=O)C(=O)C(=O)[C@H](C)NC(=O)[C@H](Cc2c[nH]c3ccccc23)NC(=O)C(Cc2ccc(O)cc2)NC(=O)[C@H](CCC(=O)O)NC1=O)[C@@H](C)O. The first-order valence-electron chi connectivity index (χ1n) is 47.2. The maximum Gasteiger partial charge on any atom is 0.303 e. The van der Waals surface area contributed by atoms with E-state index >= 15 is 28.8 Å². The number of H-pyrrole nitrogens is 1. The fourth-order valence-corrected chi connectivity index (χ4v) is 15.4. The zero-order valence-electron chi connectivity index (χ0n) is 82.4. The van der Waals surface area contributed by atoms with Crippen LogP contribution in [0, 0.1) is 23.2 Å². The highest BCUT2D eigenvalue weighted by molar-refractivity contribution is 6.41. The normalized spacial score (nSPS) is 21.8. The summed E-state index contributed by atoms with van der Waals surface area (Å²) in [4.78, 5) is 284. The molecule has 139 heavy (non-hydrogen) atoms. The number of ketones is 4. The fourth-order valence-electron chi connectivity index (χ4n) is 15.4. The molecule has 1 aromatic heterocycles. The maximum absolute atomic E-state index is 15.6. The molecule has 3 unspecified atom stereocenters. The number of carbonyl (C=O) groups is 20. The van der Waals surface area contributed by atoms with E-state index in [2.05, 4.69) is 84.7 Å². The Hall–Kier alpha value is -13.2. The minimum atomic E-state index is -2.08. The number of aliphatic hydroxyl groups excluding tert-OH is 1. The third-order valence-corrected chi connectivity index (χ3v) is 24.1. The first-order chi connectivity index (χ1) is 65.1. The van der Waals surface area contributed by atoms with Crippen molar-refractivity contribution in [2.75, 3.05) is 13.1 Å². The number of hydrogen-bond donors (Lipinski definition) is 21. The number of aromatic hydroxyl groups is 1. The number of nitrogens with one attached hydrogen (secondary N) is 16. The summed E-state index contributed by atoms with van der Waals surface area (Å²) in [5, 5.41) is 72.0. The molecule has 3 aromatic carbocycles. The molecule has 1 aliphatic heterocycles. The molecule has 1 aliphatic rings. The van der Waals surface area contributed by atoms with Gasteiger partial charge in [-0.15, -0.1) is 0 Å². The number of phenolic OH excluding ortho intramolecular Hbond substituents is 1. The van der Waals surface area contributed by atoms with Crippen molar-refractivity contribution in [1.82, 2.24) is 84.7 Å². The number of carboxylic acid groups (broad SMARTS) is 1. The minimum Gasteiger partial charge on any atom is -0.508 e. The highest BCUT2D eigenvalue weighted by Crippen LogP contribution is 2.26. The molecule has 5 rings (SSSR count). The molecule has 4 aromatic rings. The van der Waals surface area contributed by atoms with Crippen LogP contribution in [0.3, 0.4) is 0 Å². The van der Waals surface area contributed by atoms with E-state index in [9.17, 15) is 82.4 Å². The van der Waals surface area contributed by atoms with Gasteiger partial charge in [0.2, 0.25) is 112 Å². The van der Waals surface area contributed by atoms with Crippen LogP contribution >= 0.6 is 0 Å². The molecule has 23 N–H and O–H groups in total. The largest absolute Gasteiger partial charge is 0.508 e. The van der Waals surface area contributed by atoms with Gasteiger partial charge >= 0.3 is 5.97 Å². The topological polar surface area (TPSA) is 650 Å². The monoisotopic (exact) mass is 1940 g/mol. The molecule has 0 radical (unpaired) electrons. The van der Waals surface area contributed by atoms with Crippen LogP contribution in [0.4, 0.5) is 0 Å². The first kappa shape index (κ1) is 116. The van der Waals surface area contributed by atoms with Gasteiger partial charge in [0.05, 0.1) is 41.6 Å². The number of aromatic amines is 1. The minimum absolute atomic E-state index is 0.0390. The number of aliphatic hydroxyl groups is 1. The van der Waals surface area contributed by atoms with Gasteiger partial charge in [0, 0.05) is 69.2 Å². The summed E-state index contributed by atoms with van der Waals surface area (Å²) < 4.78 is 0. The van der Waals surface area contributed by atoms with E-state index in [1.165, 1.54) is 93.5 Å². The number of primary amides is 2. The van der Waals surface area contributed by atoms with Gasteiger partial charge in [-0.3, -0.25) is 95.9 Å². The maximum atomic E-state index is 15.6. The Bertz CT molecular complexity index is 5020. The van der Waals surface area contributed by atoms with Crippen molar-refractivity contribution in [2.24, 2.45) is 34.6 Å². The number of carboxylic acids is 1. The van der Waals surface area contributed by atoms with E-state index in [0.29, 0.717) is 59.7 Å². The Morgan fingerprint density at radius 1 is 0.532 bits per heavy atom. The zero-order chi connectivity index (χ0) is 104. The van der Waals surface area contributed by atoms with Crippen molar-refractivity contribution in [2.45, 2.75) is 322 Å². The summed E-state index contributed by atoms with van der Waals surface area (Å²) in [6.45, 7) is 22.8. The van der Waals surface area contributed by atoms with E-state index in [1.54, 1.807) is 102 Å². The Morgan fingerprint density at radius 2 is 1.09 bits per heavy atom. The van der Waals surface area contributed by atoms with Crippen molar-refractivity contribution in [3.05, 3.63) is 114 Å². The summed E-state index contributed by atoms with van der Waals surface area (Å²) in [5.41, 5.74) is 7.91. The molecule has 0 saturated heterocycles. The van der Waals surface area contributed by atoms with Crippen molar-refractivity contribution in [3.63, 3.8) is 0 Å². The molecule has 0 spiro atoms. The molecule has 41 heteroatoms. The number of hydrogen-bond acceptors (Lipinski definition) is 24. The number of carbonyl (C=O) groups excluding carboxylic acids is 19. The smallest absolute Gasteiger partial charge is 0.303 e. The third kappa shape index (κ3) is 38.3. The molecule has 15 amide bonds. The number of phenols is 1. The van der Waals surface area contributed by atoms with Crippen LogP contribution in [-0.4, -0.2) is 247 Å². The number of amides is 15. The molecule has 764 valence electrons. The average Bonchev–Trinajstić information content (AvgIpc) is 1.80. The molecule has 2 heterocycles. The van der Waals surface area contributed by atoms with Crippen molar-refractivity contribution < 1.29 is 111 Å². The average molecular weight is 1940 g/mol. The number of fused-ring (bicyclic) bond motifs is 1. The predicted octanol–water partition coefficient (Wildman–Crippen LogP) is 1.13. The summed E-state index contributed by atoms with van der Waals surface area (Å²) in [5.74, 6) is -21.0. The van der Waals surface area contributed by atoms with E-state index < -0.39 is 257 Å². The molecular formula is C98H144N18O23. The lowest BCUT2D eigenvalue weighted by Crippen LogP contribution is -2.65.